The van der Waals surface area contributed by atoms with Crippen LogP contribution >= 0.6 is 0 Å². The monoisotopic (exact) mass is 392 g/mol. The number of carbonyl (C=O) groups excluding carboxylic acids is 1. The molecule has 7 heteroatoms. The Labute approximate surface area is 166 Å². The summed E-state index contributed by atoms with van der Waals surface area (Å²) in [4.78, 5) is 15.1. The molecule has 0 radical (unpaired) electrons. The topological polar surface area (TPSA) is 80.3 Å². The maximum Gasteiger partial charge on any atom is 0.255 e. The maximum atomic E-state index is 12.8. The SMILES string of the molecule is CCCCN1CC[C@@H](CNC(=O)c2ccc(OC)c3c2OCCCO3)[C@H](O)C1. The van der Waals surface area contributed by atoms with E-state index in [2.05, 4.69) is 17.1 Å². The molecular formula is C21H32N2O5. The molecule has 1 saturated heterocycles. The van der Waals surface area contributed by atoms with E-state index >= 15 is 0 Å². The first-order valence-corrected chi connectivity index (χ1v) is 10.3. The molecule has 7 nitrogen and oxygen atoms in total. The minimum Gasteiger partial charge on any atom is -0.493 e. The molecule has 0 bridgehead atoms. The van der Waals surface area contributed by atoms with Crippen molar-refractivity contribution in [2.45, 2.75) is 38.7 Å². The van der Waals surface area contributed by atoms with Crippen LogP contribution in [0.15, 0.2) is 12.1 Å². The molecule has 1 fully saturated rings. The number of rotatable bonds is 7. The van der Waals surface area contributed by atoms with E-state index in [0.717, 1.165) is 38.8 Å². The lowest BCUT2D eigenvalue weighted by atomic mass is 9.93. The van der Waals surface area contributed by atoms with Crippen molar-refractivity contribution in [3.05, 3.63) is 17.7 Å². The summed E-state index contributed by atoms with van der Waals surface area (Å²) in [7, 11) is 1.57. The molecule has 1 aromatic rings. The number of methoxy groups -OCH3 is 1. The van der Waals surface area contributed by atoms with Crippen molar-refractivity contribution in [1.29, 1.82) is 0 Å². The molecule has 0 aromatic heterocycles. The number of likely N-dealkylation sites (tertiary alicyclic amines) is 1. The van der Waals surface area contributed by atoms with E-state index in [0.29, 0.717) is 49.1 Å². The zero-order chi connectivity index (χ0) is 19.9. The lowest BCUT2D eigenvalue weighted by Crippen LogP contribution is -2.47. The number of nitrogens with zero attached hydrogens (tertiary/aromatic N) is 1. The van der Waals surface area contributed by atoms with Gasteiger partial charge in [-0.25, -0.2) is 0 Å². The Morgan fingerprint density at radius 1 is 1.32 bits per heavy atom. The molecule has 2 aliphatic heterocycles. The van der Waals surface area contributed by atoms with Crippen molar-refractivity contribution in [3.63, 3.8) is 0 Å². The summed E-state index contributed by atoms with van der Waals surface area (Å²) < 4.78 is 16.9. The number of fused-ring (bicyclic) bond motifs is 1. The number of piperidine rings is 1. The number of aliphatic hydroxyl groups is 1. The fourth-order valence-corrected chi connectivity index (χ4v) is 3.76. The van der Waals surface area contributed by atoms with Gasteiger partial charge in [0.2, 0.25) is 5.75 Å². The van der Waals surface area contributed by atoms with Gasteiger partial charge in [0, 0.05) is 25.4 Å². The van der Waals surface area contributed by atoms with Crippen LogP contribution in [0.5, 0.6) is 17.2 Å². The second kappa shape index (κ2) is 9.98. The normalized spacial score (nSPS) is 22.4. The Hall–Kier alpha value is -1.99. The number of aliphatic hydroxyl groups excluding tert-OH is 1. The van der Waals surface area contributed by atoms with E-state index in [1.165, 1.54) is 0 Å². The third-order valence-electron chi connectivity index (χ3n) is 5.48. The second-order valence-electron chi connectivity index (χ2n) is 7.50. The van der Waals surface area contributed by atoms with Crippen LogP contribution in [0.4, 0.5) is 0 Å². The number of unbranched alkanes of at least 4 members (excludes halogenated alkanes) is 1. The van der Waals surface area contributed by atoms with Gasteiger partial charge >= 0.3 is 0 Å². The van der Waals surface area contributed by atoms with E-state index in [1.54, 1.807) is 19.2 Å². The van der Waals surface area contributed by atoms with E-state index in [-0.39, 0.29) is 11.8 Å². The number of nitrogens with one attached hydrogen (secondary N) is 1. The Kier molecular flexibility index (Phi) is 7.39. The highest BCUT2D eigenvalue weighted by atomic mass is 16.5. The summed E-state index contributed by atoms with van der Waals surface area (Å²) in [6, 6.07) is 3.43. The van der Waals surface area contributed by atoms with Crippen LogP contribution in [-0.2, 0) is 0 Å². The van der Waals surface area contributed by atoms with Crippen molar-refractivity contribution < 1.29 is 24.1 Å². The van der Waals surface area contributed by atoms with Gasteiger partial charge in [-0.1, -0.05) is 13.3 Å². The van der Waals surface area contributed by atoms with Gasteiger partial charge in [0.05, 0.1) is 32.0 Å². The third-order valence-corrected chi connectivity index (χ3v) is 5.48. The molecule has 0 unspecified atom stereocenters. The Bertz CT molecular complexity index is 666. The minimum absolute atomic E-state index is 0.0656. The van der Waals surface area contributed by atoms with Crippen LogP contribution in [0.3, 0.4) is 0 Å². The zero-order valence-electron chi connectivity index (χ0n) is 16.9. The van der Waals surface area contributed by atoms with E-state index in [4.69, 9.17) is 14.2 Å². The zero-order valence-corrected chi connectivity index (χ0v) is 16.9. The first-order valence-electron chi connectivity index (χ1n) is 10.3. The Morgan fingerprint density at radius 2 is 2.11 bits per heavy atom. The minimum atomic E-state index is -0.418. The number of hydrogen-bond donors (Lipinski definition) is 2. The molecule has 1 amide bonds. The van der Waals surface area contributed by atoms with Crippen molar-refractivity contribution >= 4 is 5.91 Å². The second-order valence-corrected chi connectivity index (χ2v) is 7.50. The summed E-state index contributed by atoms with van der Waals surface area (Å²) >= 11 is 0. The van der Waals surface area contributed by atoms with Crippen molar-refractivity contribution in [1.82, 2.24) is 10.2 Å². The first-order chi connectivity index (χ1) is 13.6. The van der Waals surface area contributed by atoms with Crippen LogP contribution in [0.2, 0.25) is 0 Å². The van der Waals surface area contributed by atoms with Gasteiger partial charge in [-0.3, -0.25) is 4.79 Å². The molecule has 0 saturated carbocycles. The number of hydrogen-bond acceptors (Lipinski definition) is 6. The summed E-state index contributed by atoms with van der Waals surface area (Å²) in [5.74, 6) is 1.32. The van der Waals surface area contributed by atoms with Crippen LogP contribution < -0.4 is 19.5 Å². The van der Waals surface area contributed by atoms with Gasteiger partial charge in [-0.15, -0.1) is 0 Å². The molecule has 2 aliphatic rings. The summed E-state index contributed by atoms with van der Waals surface area (Å²) in [5.41, 5.74) is 0.438. The molecule has 2 heterocycles. The molecule has 0 aliphatic carbocycles. The largest absolute Gasteiger partial charge is 0.493 e. The summed E-state index contributed by atoms with van der Waals surface area (Å²) in [5, 5.41) is 13.4. The van der Waals surface area contributed by atoms with E-state index in [9.17, 15) is 9.90 Å². The van der Waals surface area contributed by atoms with Crippen molar-refractivity contribution in [3.8, 4) is 17.2 Å². The molecular weight excluding hydrogens is 360 g/mol. The predicted molar refractivity (Wildman–Crippen MR) is 106 cm³/mol. The van der Waals surface area contributed by atoms with Crippen molar-refractivity contribution in [2.75, 3.05) is 46.5 Å². The predicted octanol–water partition coefficient (Wildman–Crippen LogP) is 2.07. The summed E-state index contributed by atoms with van der Waals surface area (Å²) in [6.07, 6.45) is 3.52. The average molecular weight is 392 g/mol. The highest BCUT2D eigenvalue weighted by molar-refractivity contribution is 5.98. The van der Waals surface area contributed by atoms with Gasteiger partial charge < -0.3 is 29.5 Å². The van der Waals surface area contributed by atoms with Gasteiger partial charge in [0.1, 0.15) is 0 Å². The highest BCUT2D eigenvalue weighted by Gasteiger charge is 2.29. The van der Waals surface area contributed by atoms with E-state index < -0.39 is 6.10 Å². The smallest absolute Gasteiger partial charge is 0.255 e. The molecule has 156 valence electrons. The van der Waals surface area contributed by atoms with Gasteiger partial charge in [0.15, 0.2) is 11.5 Å². The first kappa shape index (κ1) is 20.7. The highest BCUT2D eigenvalue weighted by Crippen LogP contribution is 2.41. The average Bonchev–Trinajstić information content (AvgIpc) is 2.96. The van der Waals surface area contributed by atoms with Gasteiger partial charge in [-0.2, -0.15) is 0 Å². The molecule has 0 spiro atoms. The van der Waals surface area contributed by atoms with E-state index in [1.807, 2.05) is 0 Å². The Balaban J connectivity index is 1.61. The number of amides is 1. The molecule has 1 aromatic carbocycles. The molecule has 2 atom stereocenters. The van der Waals surface area contributed by atoms with Crippen LogP contribution in [0.25, 0.3) is 0 Å². The van der Waals surface area contributed by atoms with Crippen LogP contribution in [0, 0.1) is 5.92 Å². The quantitative estimate of drug-likeness (QED) is 0.740. The molecule has 2 N–H and O–H groups in total. The number of β-amino-alcohol motifs (C(OH)–C–C–N with tert-alkyl or cyclic N) is 1. The number of ether oxygens (including phenoxy) is 3. The maximum absolute atomic E-state index is 12.8. The van der Waals surface area contributed by atoms with Gasteiger partial charge in [-0.05, 0) is 38.1 Å². The standard InChI is InChI=1S/C21H32N2O5/c1-3-4-9-23-10-8-15(17(24)14-23)13-22-21(25)16-6-7-18(26-2)20-19(16)27-11-5-12-28-20/h6-7,15,17,24H,3-5,8-14H2,1-2H3,(H,22,25)/t15-,17+/m0/s1. The van der Waals surface area contributed by atoms with Crippen molar-refractivity contribution in [2.24, 2.45) is 5.92 Å². The van der Waals surface area contributed by atoms with Crippen LogP contribution in [-0.4, -0.2) is 68.5 Å². The fourth-order valence-electron chi connectivity index (χ4n) is 3.76. The third kappa shape index (κ3) is 4.89. The lowest BCUT2D eigenvalue weighted by Gasteiger charge is -2.36. The summed E-state index contributed by atoms with van der Waals surface area (Å²) in [6.45, 7) is 6.31. The molecule has 28 heavy (non-hydrogen) atoms. The molecule has 3 rings (SSSR count). The lowest BCUT2D eigenvalue weighted by molar-refractivity contribution is 0.0217. The Morgan fingerprint density at radius 3 is 2.82 bits per heavy atom. The van der Waals surface area contributed by atoms with Crippen LogP contribution in [0.1, 0.15) is 43.0 Å². The fraction of sp³-hybridized carbons (Fsp3) is 0.667. The number of benzene rings is 1. The van der Waals surface area contributed by atoms with Gasteiger partial charge in [0.25, 0.3) is 5.91 Å². The number of carbonyl (C=O) groups is 1.